The lowest BCUT2D eigenvalue weighted by molar-refractivity contribution is 0.102. The predicted octanol–water partition coefficient (Wildman–Crippen LogP) is 5.08. The molecule has 0 spiro atoms. The summed E-state index contributed by atoms with van der Waals surface area (Å²) in [5.41, 5.74) is 4.97. The number of fused-ring (bicyclic) bond motifs is 1. The van der Waals surface area contributed by atoms with Crippen LogP contribution in [0.25, 0.3) is 22.2 Å². The number of nitrogens with one attached hydrogen (secondary N) is 1. The summed E-state index contributed by atoms with van der Waals surface area (Å²) < 4.78 is 0. The molecule has 176 valence electrons. The maximum atomic E-state index is 13.5. The third-order valence-electron chi connectivity index (χ3n) is 6.97. The predicted molar refractivity (Wildman–Crippen MR) is 141 cm³/mol. The molecule has 2 aliphatic rings. The number of benzene rings is 2. The molecular formula is C29H29N5O. The number of carbonyl (C=O) groups excluding carboxylic acids is 1. The first-order chi connectivity index (χ1) is 17.2. The van der Waals surface area contributed by atoms with Crippen LogP contribution in [-0.4, -0.2) is 53.5 Å². The van der Waals surface area contributed by atoms with Crippen molar-refractivity contribution in [3.8, 4) is 11.3 Å². The molecule has 1 amide bonds. The van der Waals surface area contributed by atoms with Gasteiger partial charge < -0.3 is 10.2 Å². The van der Waals surface area contributed by atoms with Crippen molar-refractivity contribution in [2.75, 3.05) is 42.9 Å². The number of nitrogens with zero attached hydrogens (tertiary/aromatic N) is 4. The van der Waals surface area contributed by atoms with E-state index in [4.69, 9.17) is 4.98 Å². The van der Waals surface area contributed by atoms with Crippen LogP contribution in [0.2, 0.25) is 0 Å². The lowest BCUT2D eigenvalue weighted by Crippen LogP contribution is -2.47. The molecule has 2 aromatic carbocycles. The van der Waals surface area contributed by atoms with Crippen molar-refractivity contribution in [1.82, 2.24) is 14.9 Å². The van der Waals surface area contributed by atoms with E-state index in [2.05, 4.69) is 32.2 Å². The first-order valence-corrected chi connectivity index (χ1v) is 12.4. The zero-order valence-electron chi connectivity index (χ0n) is 19.7. The second-order valence-corrected chi connectivity index (χ2v) is 9.55. The van der Waals surface area contributed by atoms with Gasteiger partial charge in [-0.3, -0.25) is 14.7 Å². The van der Waals surface area contributed by atoms with E-state index in [0.717, 1.165) is 65.6 Å². The van der Waals surface area contributed by atoms with Gasteiger partial charge in [0.05, 0.1) is 16.8 Å². The van der Waals surface area contributed by atoms with Crippen LogP contribution in [0.15, 0.2) is 79.1 Å². The van der Waals surface area contributed by atoms with Crippen molar-refractivity contribution < 1.29 is 4.79 Å². The highest BCUT2D eigenvalue weighted by molar-refractivity contribution is 6.13. The van der Waals surface area contributed by atoms with Crippen LogP contribution in [-0.2, 0) is 0 Å². The molecule has 0 unspecified atom stereocenters. The minimum Gasteiger partial charge on any atom is -0.369 e. The van der Waals surface area contributed by atoms with Gasteiger partial charge in [-0.2, -0.15) is 0 Å². The van der Waals surface area contributed by atoms with Gasteiger partial charge in [0, 0.05) is 67.4 Å². The highest BCUT2D eigenvalue weighted by atomic mass is 16.1. The zero-order chi connectivity index (χ0) is 23.6. The fourth-order valence-electron chi connectivity index (χ4n) is 4.86. The summed E-state index contributed by atoms with van der Waals surface area (Å²) in [6.07, 6.45) is 6.31. The van der Waals surface area contributed by atoms with Crippen molar-refractivity contribution in [2.45, 2.75) is 12.8 Å². The summed E-state index contributed by atoms with van der Waals surface area (Å²) in [5, 5.41) is 3.97. The molecule has 0 radical (unpaired) electrons. The van der Waals surface area contributed by atoms with Crippen LogP contribution < -0.4 is 10.2 Å². The topological polar surface area (TPSA) is 61.4 Å². The van der Waals surface area contributed by atoms with Crippen molar-refractivity contribution in [3.63, 3.8) is 0 Å². The average Bonchev–Trinajstić information content (AvgIpc) is 3.73. The van der Waals surface area contributed by atoms with Gasteiger partial charge in [0.2, 0.25) is 0 Å². The van der Waals surface area contributed by atoms with Crippen molar-refractivity contribution in [3.05, 3.63) is 84.7 Å². The van der Waals surface area contributed by atoms with Crippen LogP contribution in [0.3, 0.4) is 0 Å². The third kappa shape index (κ3) is 4.88. The number of anilines is 2. The second kappa shape index (κ2) is 9.47. The van der Waals surface area contributed by atoms with Gasteiger partial charge in [0.25, 0.3) is 5.91 Å². The second-order valence-electron chi connectivity index (χ2n) is 9.55. The zero-order valence-corrected chi connectivity index (χ0v) is 19.7. The SMILES string of the molecule is O=C(Nc1cccc(N2CCN(CC3CC3)CC2)c1)c1cc(-c2cccnc2)nc2ccccc12. The Labute approximate surface area is 205 Å². The quantitative estimate of drug-likeness (QED) is 0.432. The molecule has 1 aliphatic carbocycles. The number of amides is 1. The van der Waals surface area contributed by atoms with Gasteiger partial charge in [0.15, 0.2) is 0 Å². The molecular weight excluding hydrogens is 434 g/mol. The van der Waals surface area contributed by atoms with Gasteiger partial charge >= 0.3 is 0 Å². The van der Waals surface area contributed by atoms with Crippen molar-refractivity contribution in [1.29, 1.82) is 0 Å². The van der Waals surface area contributed by atoms with Crippen molar-refractivity contribution in [2.24, 2.45) is 5.92 Å². The van der Waals surface area contributed by atoms with E-state index in [1.807, 2.05) is 54.6 Å². The molecule has 2 aromatic heterocycles. The van der Waals surface area contributed by atoms with Gasteiger partial charge in [0.1, 0.15) is 0 Å². The van der Waals surface area contributed by atoms with E-state index >= 15 is 0 Å². The number of pyridine rings is 2. The van der Waals surface area contributed by atoms with E-state index in [0.29, 0.717) is 5.56 Å². The van der Waals surface area contributed by atoms with Gasteiger partial charge in [-0.1, -0.05) is 24.3 Å². The number of aromatic nitrogens is 2. The summed E-state index contributed by atoms with van der Waals surface area (Å²) >= 11 is 0. The molecule has 6 heteroatoms. The fourth-order valence-corrected chi connectivity index (χ4v) is 4.86. The number of carbonyl (C=O) groups is 1. The Bertz CT molecular complexity index is 1340. The van der Waals surface area contributed by atoms with Gasteiger partial charge in [-0.15, -0.1) is 0 Å². The molecule has 0 atom stereocenters. The van der Waals surface area contributed by atoms with Gasteiger partial charge in [-0.25, -0.2) is 4.98 Å². The molecule has 6 nitrogen and oxygen atoms in total. The lowest BCUT2D eigenvalue weighted by Gasteiger charge is -2.36. The van der Waals surface area contributed by atoms with Crippen LogP contribution in [0.5, 0.6) is 0 Å². The highest BCUT2D eigenvalue weighted by Gasteiger charge is 2.26. The maximum Gasteiger partial charge on any atom is 0.256 e. The summed E-state index contributed by atoms with van der Waals surface area (Å²) in [6.45, 7) is 5.51. The van der Waals surface area contributed by atoms with Crippen LogP contribution in [0.1, 0.15) is 23.2 Å². The molecule has 4 aromatic rings. The molecule has 1 N–H and O–H groups in total. The molecule has 2 fully saturated rings. The van der Waals surface area contributed by atoms with E-state index in [1.54, 1.807) is 12.4 Å². The molecule has 1 saturated heterocycles. The minimum atomic E-state index is -0.139. The standard InChI is InChI=1S/C29H29N5O/c35-29(26-18-28(22-5-4-12-30-19-22)32-27-9-2-1-8-25(26)27)31-23-6-3-7-24(17-23)34-15-13-33(14-16-34)20-21-10-11-21/h1-9,12,17-19,21H,10-11,13-16,20H2,(H,31,35). The molecule has 1 saturated carbocycles. The number of hydrogen-bond acceptors (Lipinski definition) is 5. The Morgan fingerprint density at radius 3 is 2.60 bits per heavy atom. The lowest BCUT2D eigenvalue weighted by atomic mass is 10.0. The molecule has 0 bridgehead atoms. The Balaban J connectivity index is 1.22. The monoisotopic (exact) mass is 463 g/mol. The van der Waals surface area contributed by atoms with E-state index in [1.165, 1.54) is 19.4 Å². The smallest absolute Gasteiger partial charge is 0.256 e. The molecule has 3 heterocycles. The van der Waals surface area contributed by atoms with E-state index < -0.39 is 0 Å². The Morgan fingerprint density at radius 1 is 0.943 bits per heavy atom. The number of para-hydroxylation sites is 1. The Hall–Kier alpha value is -3.77. The van der Waals surface area contributed by atoms with Crippen LogP contribution >= 0.6 is 0 Å². The molecule has 35 heavy (non-hydrogen) atoms. The van der Waals surface area contributed by atoms with Crippen molar-refractivity contribution >= 4 is 28.2 Å². The number of piperazine rings is 1. The molecule has 1 aliphatic heterocycles. The maximum absolute atomic E-state index is 13.5. The van der Waals surface area contributed by atoms with E-state index in [9.17, 15) is 4.79 Å². The largest absolute Gasteiger partial charge is 0.369 e. The fraction of sp³-hybridized carbons (Fsp3) is 0.276. The number of hydrogen-bond donors (Lipinski definition) is 1. The summed E-state index contributed by atoms with van der Waals surface area (Å²) in [4.78, 5) is 27.5. The highest BCUT2D eigenvalue weighted by Crippen LogP contribution is 2.30. The van der Waals surface area contributed by atoms with Crippen LogP contribution in [0, 0.1) is 5.92 Å². The summed E-state index contributed by atoms with van der Waals surface area (Å²) in [6, 6.07) is 21.7. The number of rotatable bonds is 6. The first kappa shape index (κ1) is 21.7. The first-order valence-electron chi connectivity index (χ1n) is 12.4. The average molecular weight is 464 g/mol. The van der Waals surface area contributed by atoms with E-state index in [-0.39, 0.29) is 5.91 Å². The molecule has 6 rings (SSSR count). The Kier molecular flexibility index (Phi) is 5.88. The van der Waals surface area contributed by atoms with Gasteiger partial charge in [-0.05, 0) is 61.2 Å². The summed E-state index contributed by atoms with van der Waals surface area (Å²) in [5.74, 6) is 0.795. The minimum absolute atomic E-state index is 0.139. The van der Waals surface area contributed by atoms with Crippen LogP contribution in [0.4, 0.5) is 11.4 Å². The normalized spacial score (nSPS) is 16.4. The third-order valence-corrected chi connectivity index (χ3v) is 6.97. The summed E-state index contributed by atoms with van der Waals surface area (Å²) in [7, 11) is 0. The Morgan fingerprint density at radius 2 is 1.80 bits per heavy atom.